The van der Waals surface area contributed by atoms with E-state index in [2.05, 4.69) is 5.32 Å². The number of carbonyl (C=O) groups excluding carboxylic acids is 1. The number of hydrogen-bond donors (Lipinski definition) is 3. The molecule has 0 aliphatic carbocycles. The van der Waals surface area contributed by atoms with E-state index in [9.17, 15) is 14.7 Å². The molecule has 1 rings (SSSR count). The number of carboxylic acids is 1. The molecule has 1 aromatic rings. The Bertz CT molecular complexity index is 482. The molecular formula is C12H13Cl2NO4. The van der Waals surface area contributed by atoms with E-state index in [1.807, 2.05) is 0 Å². The number of halogens is 2. The van der Waals surface area contributed by atoms with Gasteiger partial charge in [0.25, 0.3) is 5.91 Å². The van der Waals surface area contributed by atoms with Gasteiger partial charge in [0.1, 0.15) is 0 Å². The maximum absolute atomic E-state index is 11.8. The first kappa shape index (κ1) is 15.8. The molecule has 5 nitrogen and oxygen atoms in total. The molecule has 0 bridgehead atoms. The van der Waals surface area contributed by atoms with Crippen molar-refractivity contribution in [2.45, 2.75) is 18.9 Å². The van der Waals surface area contributed by atoms with Crippen molar-refractivity contribution in [1.29, 1.82) is 0 Å². The molecule has 1 unspecified atom stereocenters. The second kappa shape index (κ2) is 6.23. The Morgan fingerprint density at radius 3 is 2.26 bits per heavy atom. The predicted molar refractivity (Wildman–Crippen MR) is 71.7 cm³/mol. The van der Waals surface area contributed by atoms with Gasteiger partial charge in [-0.05, 0) is 25.1 Å². The molecule has 0 aliphatic rings. The van der Waals surface area contributed by atoms with E-state index in [1.165, 1.54) is 25.1 Å². The summed E-state index contributed by atoms with van der Waals surface area (Å²) in [5, 5.41) is 21.4. The fraction of sp³-hybridized carbons (Fsp3) is 0.333. The van der Waals surface area contributed by atoms with Gasteiger partial charge in [-0.25, -0.2) is 0 Å². The number of carboxylic acid groups (broad SMARTS) is 1. The number of rotatable bonds is 5. The van der Waals surface area contributed by atoms with Crippen molar-refractivity contribution in [3.05, 3.63) is 33.8 Å². The van der Waals surface area contributed by atoms with Crippen molar-refractivity contribution < 1.29 is 19.8 Å². The zero-order valence-corrected chi connectivity index (χ0v) is 11.6. The van der Waals surface area contributed by atoms with Crippen LogP contribution in [-0.4, -0.2) is 34.2 Å². The van der Waals surface area contributed by atoms with Crippen LogP contribution in [-0.2, 0) is 4.79 Å². The molecule has 0 saturated heterocycles. The number of aliphatic hydroxyl groups is 1. The van der Waals surface area contributed by atoms with E-state index in [1.54, 1.807) is 0 Å². The maximum atomic E-state index is 11.8. The van der Waals surface area contributed by atoms with Gasteiger partial charge in [0.2, 0.25) is 0 Å². The lowest BCUT2D eigenvalue weighted by atomic mass is 10.0. The average Bonchev–Trinajstić information content (AvgIpc) is 2.22. The van der Waals surface area contributed by atoms with Crippen LogP contribution in [0.15, 0.2) is 18.2 Å². The van der Waals surface area contributed by atoms with Gasteiger partial charge in [0.15, 0.2) is 0 Å². The lowest BCUT2D eigenvalue weighted by molar-refractivity contribution is -0.141. The smallest absolute Gasteiger partial charge is 0.306 e. The summed E-state index contributed by atoms with van der Waals surface area (Å²) in [4.78, 5) is 22.3. The third-order valence-corrected chi connectivity index (χ3v) is 2.72. The highest BCUT2D eigenvalue weighted by atomic mass is 35.5. The number of amides is 1. The molecule has 1 atom stereocenters. The SMILES string of the molecule is CC(O)(CNC(=O)c1cc(Cl)cc(Cl)c1)CC(=O)O. The standard InChI is InChI=1S/C12H13Cl2NO4/c1-12(19,5-10(16)17)6-15-11(18)7-2-8(13)4-9(14)3-7/h2-4,19H,5-6H2,1H3,(H,15,18)(H,16,17). The minimum Gasteiger partial charge on any atom is -0.481 e. The van der Waals surface area contributed by atoms with Crippen molar-refractivity contribution >= 4 is 35.1 Å². The van der Waals surface area contributed by atoms with Crippen LogP contribution >= 0.6 is 23.2 Å². The van der Waals surface area contributed by atoms with Crippen LogP contribution < -0.4 is 5.32 Å². The van der Waals surface area contributed by atoms with E-state index in [0.29, 0.717) is 10.0 Å². The molecular weight excluding hydrogens is 293 g/mol. The summed E-state index contributed by atoms with van der Waals surface area (Å²) in [6.45, 7) is 1.13. The van der Waals surface area contributed by atoms with E-state index in [4.69, 9.17) is 28.3 Å². The first-order valence-corrected chi connectivity index (χ1v) is 6.14. The minimum absolute atomic E-state index is 0.192. The van der Waals surface area contributed by atoms with Crippen molar-refractivity contribution in [3.63, 3.8) is 0 Å². The van der Waals surface area contributed by atoms with E-state index in [-0.39, 0.29) is 12.1 Å². The molecule has 1 aromatic carbocycles. The van der Waals surface area contributed by atoms with Crippen LogP contribution in [0.3, 0.4) is 0 Å². The lowest BCUT2D eigenvalue weighted by Gasteiger charge is -2.21. The van der Waals surface area contributed by atoms with Gasteiger partial charge in [-0.1, -0.05) is 23.2 Å². The Labute approximate surface area is 120 Å². The Kier molecular flexibility index (Phi) is 5.17. The largest absolute Gasteiger partial charge is 0.481 e. The normalized spacial score (nSPS) is 13.7. The third-order valence-electron chi connectivity index (χ3n) is 2.29. The van der Waals surface area contributed by atoms with Gasteiger partial charge >= 0.3 is 5.97 Å². The van der Waals surface area contributed by atoms with Crippen molar-refractivity contribution in [3.8, 4) is 0 Å². The molecule has 1 amide bonds. The average molecular weight is 306 g/mol. The highest BCUT2D eigenvalue weighted by Gasteiger charge is 2.25. The Hall–Kier alpha value is -1.30. The molecule has 0 aromatic heterocycles. The van der Waals surface area contributed by atoms with Gasteiger partial charge < -0.3 is 15.5 Å². The summed E-state index contributed by atoms with van der Waals surface area (Å²) in [6, 6.07) is 4.34. The van der Waals surface area contributed by atoms with Crippen LogP contribution in [0.5, 0.6) is 0 Å². The molecule has 0 saturated carbocycles. The van der Waals surface area contributed by atoms with Crippen LogP contribution in [0, 0.1) is 0 Å². The summed E-state index contributed by atoms with van der Waals surface area (Å²) in [7, 11) is 0. The van der Waals surface area contributed by atoms with E-state index < -0.39 is 23.9 Å². The highest BCUT2D eigenvalue weighted by Crippen LogP contribution is 2.19. The maximum Gasteiger partial charge on any atom is 0.306 e. The van der Waals surface area contributed by atoms with Gasteiger partial charge in [-0.15, -0.1) is 0 Å². The Balaban J connectivity index is 2.67. The van der Waals surface area contributed by atoms with E-state index >= 15 is 0 Å². The molecule has 7 heteroatoms. The molecule has 0 heterocycles. The molecule has 0 aliphatic heterocycles. The second-order valence-electron chi connectivity index (χ2n) is 4.41. The van der Waals surface area contributed by atoms with Gasteiger partial charge in [0, 0.05) is 22.2 Å². The number of nitrogens with one attached hydrogen (secondary N) is 1. The Morgan fingerprint density at radius 1 is 1.26 bits per heavy atom. The molecule has 0 radical (unpaired) electrons. The number of hydrogen-bond acceptors (Lipinski definition) is 3. The molecule has 104 valence electrons. The molecule has 0 spiro atoms. The number of aliphatic carboxylic acids is 1. The molecule has 3 N–H and O–H groups in total. The van der Waals surface area contributed by atoms with Crippen molar-refractivity contribution in [1.82, 2.24) is 5.32 Å². The fourth-order valence-electron chi connectivity index (χ4n) is 1.45. The summed E-state index contributed by atoms with van der Waals surface area (Å²) < 4.78 is 0. The van der Waals surface area contributed by atoms with Crippen molar-refractivity contribution in [2.24, 2.45) is 0 Å². The monoisotopic (exact) mass is 305 g/mol. The van der Waals surface area contributed by atoms with Crippen LogP contribution in [0.4, 0.5) is 0 Å². The fourth-order valence-corrected chi connectivity index (χ4v) is 1.97. The number of benzene rings is 1. The summed E-state index contributed by atoms with van der Waals surface area (Å²) >= 11 is 11.5. The van der Waals surface area contributed by atoms with Crippen molar-refractivity contribution in [2.75, 3.05) is 6.54 Å². The molecule has 0 fully saturated rings. The van der Waals surface area contributed by atoms with Crippen LogP contribution in [0.1, 0.15) is 23.7 Å². The second-order valence-corrected chi connectivity index (χ2v) is 5.28. The zero-order valence-electron chi connectivity index (χ0n) is 10.1. The lowest BCUT2D eigenvalue weighted by Crippen LogP contribution is -2.42. The first-order chi connectivity index (χ1) is 8.69. The minimum atomic E-state index is -1.52. The Morgan fingerprint density at radius 2 is 1.79 bits per heavy atom. The first-order valence-electron chi connectivity index (χ1n) is 5.38. The molecule has 19 heavy (non-hydrogen) atoms. The third kappa shape index (κ3) is 5.46. The zero-order chi connectivity index (χ0) is 14.6. The summed E-state index contributed by atoms with van der Waals surface area (Å²) in [6.07, 6.45) is -0.469. The summed E-state index contributed by atoms with van der Waals surface area (Å²) in [5.74, 6) is -1.64. The van der Waals surface area contributed by atoms with Crippen LogP contribution in [0.25, 0.3) is 0 Å². The van der Waals surface area contributed by atoms with Gasteiger partial charge in [-0.2, -0.15) is 0 Å². The summed E-state index contributed by atoms with van der Waals surface area (Å²) in [5.41, 5.74) is -1.28. The topological polar surface area (TPSA) is 86.6 Å². The van der Waals surface area contributed by atoms with Crippen LogP contribution in [0.2, 0.25) is 10.0 Å². The van der Waals surface area contributed by atoms with Gasteiger partial charge in [0.05, 0.1) is 12.0 Å². The number of carbonyl (C=O) groups is 2. The predicted octanol–water partition coefficient (Wildman–Crippen LogP) is 1.95. The van der Waals surface area contributed by atoms with Gasteiger partial charge in [-0.3, -0.25) is 9.59 Å². The quantitative estimate of drug-likeness (QED) is 0.776. The highest BCUT2D eigenvalue weighted by molar-refractivity contribution is 6.35. The van der Waals surface area contributed by atoms with E-state index in [0.717, 1.165) is 0 Å².